The van der Waals surface area contributed by atoms with E-state index in [2.05, 4.69) is 19.2 Å². The lowest BCUT2D eigenvalue weighted by molar-refractivity contribution is -0.120. The van der Waals surface area contributed by atoms with Gasteiger partial charge < -0.3 is 11.1 Å². The summed E-state index contributed by atoms with van der Waals surface area (Å²) in [5.41, 5.74) is 5.25. The highest BCUT2D eigenvalue weighted by Gasteiger charge is 2.24. The van der Waals surface area contributed by atoms with Crippen LogP contribution in [0.25, 0.3) is 0 Å². The second-order valence-corrected chi connectivity index (χ2v) is 4.39. The minimum Gasteiger partial charge on any atom is -0.352 e. The van der Waals surface area contributed by atoms with Crippen molar-refractivity contribution in [3.8, 4) is 0 Å². The summed E-state index contributed by atoms with van der Waals surface area (Å²) >= 11 is 0. The van der Waals surface area contributed by atoms with Gasteiger partial charge in [-0.1, -0.05) is 13.8 Å². The molecule has 1 aliphatic carbocycles. The van der Waals surface area contributed by atoms with E-state index < -0.39 is 0 Å². The average Bonchev–Trinajstić information content (AvgIpc) is 2.02. The predicted octanol–water partition coefficient (Wildman–Crippen LogP) is 0.886. The van der Waals surface area contributed by atoms with E-state index in [9.17, 15) is 4.79 Å². The first-order chi connectivity index (χ1) is 6.11. The van der Waals surface area contributed by atoms with E-state index >= 15 is 0 Å². The molecule has 13 heavy (non-hydrogen) atoms. The summed E-state index contributed by atoms with van der Waals surface area (Å²) in [4.78, 5) is 11.1. The molecule has 0 aromatic heterocycles. The van der Waals surface area contributed by atoms with Gasteiger partial charge in [0, 0.05) is 6.04 Å². The summed E-state index contributed by atoms with van der Waals surface area (Å²) in [6.45, 7) is 4.60. The van der Waals surface area contributed by atoms with Crippen LogP contribution < -0.4 is 11.1 Å². The molecule has 0 aromatic carbocycles. The van der Waals surface area contributed by atoms with Crippen molar-refractivity contribution in [2.45, 2.75) is 39.2 Å². The number of hydrogen-bond acceptors (Lipinski definition) is 2. The van der Waals surface area contributed by atoms with Gasteiger partial charge in [0.05, 0.1) is 6.54 Å². The van der Waals surface area contributed by atoms with E-state index in [0.717, 1.165) is 24.7 Å². The molecule has 3 heteroatoms. The molecule has 3 nitrogen and oxygen atoms in total. The van der Waals surface area contributed by atoms with Gasteiger partial charge in [0.25, 0.3) is 0 Å². The number of rotatable bonds is 2. The molecule has 1 aliphatic rings. The fourth-order valence-corrected chi connectivity index (χ4v) is 2.35. The first-order valence-corrected chi connectivity index (χ1v) is 5.11. The molecule has 1 amide bonds. The highest BCUT2D eigenvalue weighted by atomic mass is 16.1. The van der Waals surface area contributed by atoms with Crippen LogP contribution in [0.4, 0.5) is 0 Å². The van der Waals surface area contributed by atoms with Gasteiger partial charge in [-0.15, -0.1) is 0 Å². The average molecular weight is 184 g/mol. The van der Waals surface area contributed by atoms with Crippen molar-refractivity contribution < 1.29 is 4.79 Å². The number of nitrogens with two attached hydrogens (primary N) is 1. The van der Waals surface area contributed by atoms with E-state index in [0.29, 0.717) is 6.04 Å². The summed E-state index contributed by atoms with van der Waals surface area (Å²) < 4.78 is 0. The zero-order valence-corrected chi connectivity index (χ0v) is 8.55. The Morgan fingerprint density at radius 1 is 1.31 bits per heavy atom. The van der Waals surface area contributed by atoms with Crippen LogP contribution in [-0.2, 0) is 4.79 Å². The summed E-state index contributed by atoms with van der Waals surface area (Å²) in [7, 11) is 0. The topological polar surface area (TPSA) is 55.1 Å². The van der Waals surface area contributed by atoms with Crippen molar-refractivity contribution in [1.82, 2.24) is 5.32 Å². The number of carbonyl (C=O) groups is 1. The molecular formula is C10H20N2O. The molecule has 0 spiro atoms. The smallest absolute Gasteiger partial charge is 0.233 e. The van der Waals surface area contributed by atoms with Gasteiger partial charge in [0.15, 0.2) is 0 Å². The van der Waals surface area contributed by atoms with E-state index in [1.54, 1.807) is 0 Å². The van der Waals surface area contributed by atoms with Crippen LogP contribution in [0.3, 0.4) is 0 Å². The van der Waals surface area contributed by atoms with E-state index in [-0.39, 0.29) is 12.5 Å². The Bertz CT molecular complexity index is 172. The molecule has 2 atom stereocenters. The normalized spacial score (nSPS) is 34.2. The van der Waals surface area contributed by atoms with Crippen LogP contribution in [0.1, 0.15) is 33.1 Å². The van der Waals surface area contributed by atoms with Gasteiger partial charge in [0.2, 0.25) is 5.91 Å². The first-order valence-electron chi connectivity index (χ1n) is 5.11. The molecule has 76 valence electrons. The molecule has 3 N–H and O–H groups in total. The molecule has 0 radical (unpaired) electrons. The molecule has 1 fully saturated rings. The fourth-order valence-electron chi connectivity index (χ4n) is 2.35. The van der Waals surface area contributed by atoms with Gasteiger partial charge in [-0.25, -0.2) is 0 Å². The molecule has 2 unspecified atom stereocenters. The maximum Gasteiger partial charge on any atom is 0.233 e. The van der Waals surface area contributed by atoms with E-state index in [1.807, 2.05) is 0 Å². The van der Waals surface area contributed by atoms with Crippen LogP contribution in [0.5, 0.6) is 0 Å². The van der Waals surface area contributed by atoms with Crippen molar-refractivity contribution in [1.29, 1.82) is 0 Å². The Balaban J connectivity index is 2.37. The zero-order chi connectivity index (χ0) is 9.84. The Morgan fingerprint density at radius 2 is 1.85 bits per heavy atom. The Labute approximate surface area is 80.1 Å². The lowest BCUT2D eigenvalue weighted by atomic mass is 9.80. The van der Waals surface area contributed by atoms with Crippen molar-refractivity contribution in [2.24, 2.45) is 17.6 Å². The zero-order valence-electron chi connectivity index (χ0n) is 8.55. The minimum absolute atomic E-state index is 0.0219. The maximum absolute atomic E-state index is 11.1. The van der Waals surface area contributed by atoms with E-state index in [4.69, 9.17) is 5.73 Å². The highest BCUT2D eigenvalue weighted by Crippen LogP contribution is 2.28. The quantitative estimate of drug-likeness (QED) is 0.669. The van der Waals surface area contributed by atoms with Crippen LogP contribution >= 0.6 is 0 Å². The van der Waals surface area contributed by atoms with Crippen molar-refractivity contribution >= 4 is 5.91 Å². The number of nitrogens with one attached hydrogen (secondary N) is 1. The Hall–Kier alpha value is -0.570. The second-order valence-electron chi connectivity index (χ2n) is 4.39. The largest absolute Gasteiger partial charge is 0.352 e. The molecular weight excluding hydrogens is 164 g/mol. The third-order valence-corrected chi connectivity index (χ3v) is 2.73. The summed E-state index contributed by atoms with van der Waals surface area (Å²) in [6, 6.07) is 0.356. The Morgan fingerprint density at radius 3 is 2.31 bits per heavy atom. The molecule has 1 saturated carbocycles. The maximum atomic E-state index is 11.1. The molecule has 0 aliphatic heterocycles. The first kappa shape index (κ1) is 10.5. The standard InChI is InChI=1S/C10H20N2O/c1-7-3-8(2)5-9(4-7)12-10(13)6-11/h7-9H,3-6,11H2,1-2H3,(H,12,13). The lowest BCUT2D eigenvalue weighted by Crippen LogP contribution is -2.42. The van der Waals surface area contributed by atoms with Crippen molar-refractivity contribution in [3.05, 3.63) is 0 Å². The lowest BCUT2D eigenvalue weighted by Gasteiger charge is -2.31. The van der Waals surface area contributed by atoms with E-state index in [1.165, 1.54) is 6.42 Å². The molecule has 0 saturated heterocycles. The van der Waals surface area contributed by atoms with Gasteiger partial charge >= 0.3 is 0 Å². The third-order valence-electron chi connectivity index (χ3n) is 2.73. The van der Waals surface area contributed by atoms with Crippen LogP contribution in [0.2, 0.25) is 0 Å². The summed E-state index contributed by atoms with van der Waals surface area (Å²) in [6.07, 6.45) is 3.50. The number of carbonyl (C=O) groups excluding carboxylic acids is 1. The van der Waals surface area contributed by atoms with Crippen LogP contribution in [-0.4, -0.2) is 18.5 Å². The summed E-state index contributed by atoms with van der Waals surface area (Å²) in [5, 5.41) is 2.97. The van der Waals surface area contributed by atoms with Crippen LogP contribution in [0, 0.1) is 11.8 Å². The van der Waals surface area contributed by atoms with Gasteiger partial charge in [-0.2, -0.15) is 0 Å². The molecule has 0 aromatic rings. The number of amides is 1. The SMILES string of the molecule is CC1CC(C)CC(NC(=O)CN)C1. The third kappa shape index (κ3) is 3.35. The van der Waals surface area contributed by atoms with Gasteiger partial charge in [-0.05, 0) is 31.1 Å². The minimum atomic E-state index is -0.0219. The fraction of sp³-hybridized carbons (Fsp3) is 0.900. The number of hydrogen-bond donors (Lipinski definition) is 2. The summed E-state index contributed by atoms with van der Waals surface area (Å²) in [5.74, 6) is 1.44. The second kappa shape index (κ2) is 4.61. The monoisotopic (exact) mass is 184 g/mol. The van der Waals surface area contributed by atoms with Gasteiger partial charge in [-0.3, -0.25) is 4.79 Å². The molecule has 0 bridgehead atoms. The highest BCUT2D eigenvalue weighted by molar-refractivity contribution is 5.78. The molecule has 0 heterocycles. The Kier molecular flexibility index (Phi) is 3.72. The van der Waals surface area contributed by atoms with Crippen molar-refractivity contribution in [3.63, 3.8) is 0 Å². The van der Waals surface area contributed by atoms with Crippen LogP contribution in [0.15, 0.2) is 0 Å². The van der Waals surface area contributed by atoms with Gasteiger partial charge in [0.1, 0.15) is 0 Å². The predicted molar refractivity (Wildman–Crippen MR) is 53.2 cm³/mol. The van der Waals surface area contributed by atoms with Crippen molar-refractivity contribution in [2.75, 3.05) is 6.54 Å². The molecule has 1 rings (SSSR count).